The van der Waals surface area contributed by atoms with E-state index in [0.29, 0.717) is 26.2 Å². The molecule has 1 aromatic carbocycles. The number of halogens is 2. The number of nitrogens with zero attached hydrogens (tertiary/aromatic N) is 2. The molecule has 1 fully saturated rings. The summed E-state index contributed by atoms with van der Waals surface area (Å²) in [6, 6.07) is 5.96. The third-order valence-electron chi connectivity index (χ3n) is 3.64. The summed E-state index contributed by atoms with van der Waals surface area (Å²) in [6.45, 7) is -0.733. The number of para-hydroxylation sites is 1. The van der Waals surface area contributed by atoms with Crippen LogP contribution in [0.25, 0.3) is 0 Å². The van der Waals surface area contributed by atoms with Crippen LogP contribution in [0.4, 0.5) is 8.78 Å². The number of hydrogen-bond acceptors (Lipinski definition) is 4. The van der Waals surface area contributed by atoms with E-state index in [-0.39, 0.29) is 29.7 Å². The van der Waals surface area contributed by atoms with Crippen LogP contribution in [0.15, 0.2) is 24.3 Å². The number of likely N-dealkylation sites (N-methyl/N-ethyl adjacent to an activating group) is 1. The highest BCUT2D eigenvalue weighted by Crippen LogP contribution is 2.22. The Morgan fingerprint density at radius 1 is 1.22 bits per heavy atom. The molecule has 0 spiro atoms. The number of piperazine rings is 1. The lowest BCUT2D eigenvalue weighted by Crippen LogP contribution is -2.50. The number of benzene rings is 1. The van der Waals surface area contributed by atoms with Crippen molar-refractivity contribution in [3.8, 4) is 5.75 Å². The lowest BCUT2D eigenvalue weighted by molar-refractivity contribution is -0.122. The van der Waals surface area contributed by atoms with Crippen LogP contribution in [0.3, 0.4) is 0 Å². The Labute approximate surface area is 133 Å². The predicted molar refractivity (Wildman–Crippen MR) is 79.5 cm³/mol. The van der Waals surface area contributed by atoms with E-state index >= 15 is 0 Å². The largest absolute Gasteiger partial charge is 0.434 e. The molecule has 0 atom stereocenters. The maximum Gasteiger partial charge on any atom is 0.387 e. The van der Waals surface area contributed by atoms with Crippen LogP contribution in [0.1, 0.15) is 10.4 Å². The molecule has 126 valence electrons. The molecule has 23 heavy (non-hydrogen) atoms. The van der Waals surface area contributed by atoms with Crippen molar-refractivity contribution in [2.45, 2.75) is 6.61 Å². The van der Waals surface area contributed by atoms with Crippen molar-refractivity contribution in [2.24, 2.45) is 0 Å². The van der Waals surface area contributed by atoms with E-state index in [9.17, 15) is 18.4 Å². The number of amides is 2. The van der Waals surface area contributed by atoms with Crippen molar-refractivity contribution in [1.82, 2.24) is 15.1 Å². The van der Waals surface area contributed by atoms with Crippen molar-refractivity contribution in [3.05, 3.63) is 29.8 Å². The van der Waals surface area contributed by atoms with Gasteiger partial charge in [0.15, 0.2) is 0 Å². The summed E-state index contributed by atoms with van der Waals surface area (Å²) in [5.41, 5.74) is 0.118. The Bertz CT molecular complexity index is 561. The SMILES string of the molecule is CNC(=O)CN1CCN(C(=O)c2ccccc2OC(F)F)CC1. The molecule has 2 amide bonds. The van der Waals surface area contributed by atoms with Crippen LogP contribution in [0.2, 0.25) is 0 Å². The first-order chi connectivity index (χ1) is 11.0. The smallest absolute Gasteiger partial charge is 0.387 e. The molecular weight excluding hydrogens is 308 g/mol. The minimum atomic E-state index is -2.98. The zero-order valence-electron chi connectivity index (χ0n) is 12.8. The van der Waals surface area contributed by atoms with Gasteiger partial charge in [-0.05, 0) is 12.1 Å². The molecule has 8 heteroatoms. The maximum atomic E-state index is 12.5. The Morgan fingerprint density at radius 3 is 2.48 bits per heavy atom. The van der Waals surface area contributed by atoms with Gasteiger partial charge in [0.05, 0.1) is 12.1 Å². The van der Waals surface area contributed by atoms with Crippen LogP contribution in [-0.2, 0) is 4.79 Å². The first-order valence-corrected chi connectivity index (χ1v) is 7.27. The van der Waals surface area contributed by atoms with Gasteiger partial charge in [-0.2, -0.15) is 8.78 Å². The molecule has 1 saturated heterocycles. The van der Waals surface area contributed by atoms with Gasteiger partial charge < -0.3 is 15.0 Å². The highest BCUT2D eigenvalue weighted by atomic mass is 19.3. The summed E-state index contributed by atoms with van der Waals surface area (Å²) in [7, 11) is 1.57. The highest BCUT2D eigenvalue weighted by molar-refractivity contribution is 5.97. The molecule has 0 unspecified atom stereocenters. The van der Waals surface area contributed by atoms with Gasteiger partial charge in [-0.15, -0.1) is 0 Å². The fourth-order valence-electron chi connectivity index (χ4n) is 2.40. The average molecular weight is 327 g/mol. The van der Waals surface area contributed by atoms with Crippen LogP contribution < -0.4 is 10.1 Å². The highest BCUT2D eigenvalue weighted by Gasteiger charge is 2.25. The lowest BCUT2D eigenvalue weighted by atomic mass is 10.1. The minimum absolute atomic E-state index is 0.0829. The van der Waals surface area contributed by atoms with Crippen LogP contribution >= 0.6 is 0 Å². The van der Waals surface area contributed by atoms with Gasteiger partial charge in [0.2, 0.25) is 5.91 Å². The Morgan fingerprint density at radius 2 is 1.87 bits per heavy atom. The summed E-state index contributed by atoms with van der Waals surface area (Å²) >= 11 is 0. The fraction of sp³-hybridized carbons (Fsp3) is 0.467. The molecule has 1 N–H and O–H groups in total. The van der Waals surface area contributed by atoms with Crippen molar-refractivity contribution in [1.29, 1.82) is 0 Å². The molecule has 0 radical (unpaired) electrons. The first-order valence-electron chi connectivity index (χ1n) is 7.27. The molecular formula is C15H19F2N3O3. The quantitative estimate of drug-likeness (QED) is 0.869. The van der Waals surface area contributed by atoms with E-state index < -0.39 is 6.61 Å². The molecule has 0 bridgehead atoms. The lowest BCUT2D eigenvalue weighted by Gasteiger charge is -2.34. The summed E-state index contributed by atoms with van der Waals surface area (Å²) in [5, 5.41) is 2.55. The Hall–Kier alpha value is -2.22. The second-order valence-corrected chi connectivity index (χ2v) is 5.12. The topological polar surface area (TPSA) is 61.9 Å². The second-order valence-electron chi connectivity index (χ2n) is 5.12. The molecule has 0 saturated carbocycles. The van der Waals surface area contributed by atoms with Crippen molar-refractivity contribution >= 4 is 11.8 Å². The Balaban J connectivity index is 1.99. The fourth-order valence-corrected chi connectivity index (χ4v) is 2.40. The van der Waals surface area contributed by atoms with Gasteiger partial charge >= 0.3 is 6.61 Å². The Kier molecular flexibility index (Phi) is 5.86. The number of alkyl halides is 2. The maximum absolute atomic E-state index is 12.5. The average Bonchev–Trinajstić information content (AvgIpc) is 2.55. The zero-order chi connectivity index (χ0) is 16.8. The zero-order valence-corrected chi connectivity index (χ0v) is 12.8. The molecule has 6 nitrogen and oxygen atoms in total. The number of rotatable bonds is 5. The van der Waals surface area contributed by atoms with Crippen molar-refractivity contribution in [3.63, 3.8) is 0 Å². The van der Waals surface area contributed by atoms with E-state index in [1.165, 1.54) is 18.2 Å². The van der Waals surface area contributed by atoms with Crippen LogP contribution in [0.5, 0.6) is 5.75 Å². The van der Waals surface area contributed by atoms with Crippen molar-refractivity contribution in [2.75, 3.05) is 39.8 Å². The van der Waals surface area contributed by atoms with Crippen LogP contribution in [-0.4, -0.2) is 68.0 Å². The van der Waals surface area contributed by atoms with Gasteiger partial charge in [0.1, 0.15) is 5.75 Å². The van der Waals surface area contributed by atoms with Gasteiger partial charge in [-0.1, -0.05) is 12.1 Å². The summed E-state index contributed by atoms with van der Waals surface area (Å²) in [5.74, 6) is -0.554. The van der Waals surface area contributed by atoms with E-state index in [4.69, 9.17) is 0 Å². The molecule has 2 rings (SSSR count). The third kappa shape index (κ3) is 4.62. The molecule has 1 aliphatic rings. The van der Waals surface area contributed by atoms with Gasteiger partial charge in [0.25, 0.3) is 5.91 Å². The van der Waals surface area contributed by atoms with E-state index in [1.807, 2.05) is 4.90 Å². The number of nitrogens with one attached hydrogen (secondary N) is 1. The summed E-state index contributed by atoms with van der Waals surface area (Å²) in [6.07, 6.45) is 0. The molecule has 0 aromatic heterocycles. The monoisotopic (exact) mass is 327 g/mol. The molecule has 1 aromatic rings. The first kappa shape index (κ1) is 17.1. The van der Waals surface area contributed by atoms with E-state index in [1.54, 1.807) is 18.0 Å². The molecule has 1 aliphatic heterocycles. The normalized spacial score (nSPS) is 15.6. The second kappa shape index (κ2) is 7.87. The standard InChI is InChI=1S/C15H19F2N3O3/c1-18-13(21)10-19-6-8-20(9-7-19)14(22)11-4-2-3-5-12(11)23-15(16)17/h2-5,15H,6-10H2,1H3,(H,18,21). The number of hydrogen-bond donors (Lipinski definition) is 1. The van der Waals surface area contributed by atoms with E-state index in [0.717, 1.165) is 0 Å². The number of carbonyl (C=O) groups excluding carboxylic acids is 2. The summed E-state index contributed by atoms with van der Waals surface area (Å²) in [4.78, 5) is 27.3. The van der Waals surface area contributed by atoms with Gasteiger partial charge in [-0.25, -0.2) is 0 Å². The molecule has 1 heterocycles. The van der Waals surface area contributed by atoms with Gasteiger partial charge in [-0.3, -0.25) is 14.5 Å². The van der Waals surface area contributed by atoms with Gasteiger partial charge in [0, 0.05) is 33.2 Å². The third-order valence-corrected chi connectivity index (χ3v) is 3.64. The predicted octanol–water partition coefficient (Wildman–Crippen LogP) is 0.792. The number of ether oxygens (including phenoxy) is 1. The number of carbonyl (C=O) groups is 2. The summed E-state index contributed by atoms with van der Waals surface area (Å²) < 4.78 is 29.2. The van der Waals surface area contributed by atoms with E-state index in [2.05, 4.69) is 10.1 Å². The molecule has 0 aliphatic carbocycles. The van der Waals surface area contributed by atoms with Crippen molar-refractivity contribution < 1.29 is 23.1 Å². The van der Waals surface area contributed by atoms with Crippen LogP contribution in [0, 0.1) is 0 Å². The minimum Gasteiger partial charge on any atom is -0.434 e.